The molecule has 1 aliphatic rings. The molecule has 0 bridgehead atoms. The van der Waals surface area contributed by atoms with Gasteiger partial charge in [-0.15, -0.1) is 0 Å². The third-order valence-electron chi connectivity index (χ3n) is 4.32. The maximum absolute atomic E-state index is 13.6. The molecule has 0 radical (unpaired) electrons. The molecule has 1 aromatic carbocycles. The number of halogens is 1. The number of carbonyl (C=O) groups is 1. The van der Waals surface area contributed by atoms with Gasteiger partial charge >= 0.3 is 0 Å². The highest BCUT2D eigenvalue weighted by molar-refractivity contribution is 5.81. The molecule has 1 amide bonds. The maximum Gasteiger partial charge on any atom is 0.261 e. The zero-order valence-electron chi connectivity index (χ0n) is 14.6. The van der Waals surface area contributed by atoms with Crippen molar-refractivity contribution in [3.8, 4) is 5.75 Å². The Morgan fingerprint density at radius 2 is 2.00 bits per heavy atom. The number of likely N-dealkylation sites (N-methyl/N-ethyl adjacent to an activating group) is 1. The average Bonchev–Trinajstić information content (AvgIpc) is 2.59. The van der Waals surface area contributed by atoms with E-state index in [9.17, 15) is 9.18 Å². The zero-order chi connectivity index (χ0) is 17.4. The summed E-state index contributed by atoms with van der Waals surface area (Å²) >= 11 is 0. The van der Waals surface area contributed by atoms with Crippen molar-refractivity contribution in [3.05, 3.63) is 30.1 Å². The van der Waals surface area contributed by atoms with Crippen LogP contribution in [0.1, 0.15) is 19.8 Å². The summed E-state index contributed by atoms with van der Waals surface area (Å²) in [5.41, 5.74) is 0. The van der Waals surface area contributed by atoms with Crippen LogP contribution in [0.2, 0.25) is 0 Å². The highest BCUT2D eigenvalue weighted by Crippen LogP contribution is 2.18. The Balaban J connectivity index is 1.69. The molecule has 1 N–H and O–H groups in total. The number of carbonyl (C=O) groups excluding carboxylic acids is 1. The van der Waals surface area contributed by atoms with Crippen molar-refractivity contribution in [2.75, 3.05) is 46.3 Å². The highest BCUT2D eigenvalue weighted by Gasteiger charge is 2.19. The van der Waals surface area contributed by atoms with Gasteiger partial charge in [-0.2, -0.15) is 0 Å². The van der Waals surface area contributed by atoms with Gasteiger partial charge < -0.3 is 19.9 Å². The number of ether oxygens (including phenoxy) is 1. The molecule has 1 fully saturated rings. The molecule has 1 aliphatic heterocycles. The molecule has 1 atom stereocenters. The average molecular weight is 337 g/mol. The van der Waals surface area contributed by atoms with E-state index in [-0.39, 0.29) is 11.7 Å². The molecule has 134 valence electrons. The molecule has 6 heteroatoms. The molecular formula is C18H28FN3O2. The number of nitrogens with one attached hydrogen (secondary N) is 1. The van der Waals surface area contributed by atoms with Crippen molar-refractivity contribution < 1.29 is 13.9 Å². The standard InChI is InChI=1S/C18H28FN3O2/c1-3-16(24-17-8-5-4-7-15(17)19)18(23)20-9-6-10-22-13-11-21(2)12-14-22/h4-5,7-8,16H,3,6,9-14H2,1-2H3,(H,20,23)/t16-/m0/s1. The van der Waals surface area contributed by atoms with Gasteiger partial charge in [0.15, 0.2) is 17.7 Å². The fourth-order valence-electron chi connectivity index (χ4n) is 2.72. The van der Waals surface area contributed by atoms with Crippen molar-refractivity contribution in [2.45, 2.75) is 25.9 Å². The minimum Gasteiger partial charge on any atom is -0.478 e. The Morgan fingerprint density at radius 1 is 1.29 bits per heavy atom. The van der Waals surface area contributed by atoms with Crippen LogP contribution in [0.15, 0.2) is 24.3 Å². The van der Waals surface area contributed by atoms with Gasteiger partial charge in [0.05, 0.1) is 0 Å². The van der Waals surface area contributed by atoms with E-state index in [1.807, 2.05) is 6.92 Å². The van der Waals surface area contributed by atoms with Gasteiger partial charge in [0.1, 0.15) is 0 Å². The summed E-state index contributed by atoms with van der Waals surface area (Å²) in [6.07, 6.45) is 0.745. The van der Waals surface area contributed by atoms with E-state index in [1.165, 1.54) is 6.07 Å². The third kappa shape index (κ3) is 5.76. The van der Waals surface area contributed by atoms with Crippen LogP contribution in [0.3, 0.4) is 0 Å². The number of hydrogen-bond donors (Lipinski definition) is 1. The molecule has 24 heavy (non-hydrogen) atoms. The normalized spacial score (nSPS) is 17.5. The van der Waals surface area contributed by atoms with Crippen molar-refractivity contribution in [1.82, 2.24) is 15.1 Å². The van der Waals surface area contributed by atoms with E-state index in [2.05, 4.69) is 22.2 Å². The number of amides is 1. The topological polar surface area (TPSA) is 44.8 Å². The predicted molar refractivity (Wildman–Crippen MR) is 92.7 cm³/mol. The monoisotopic (exact) mass is 337 g/mol. The molecule has 0 unspecified atom stereocenters. The van der Waals surface area contributed by atoms with E-state index in [4.69, 9.17) is 4.74 Å². The quantitative estimate of drug-likeness (QED) is 0.734. The number of hydrogen-bond acceptors (Lipinski definition) is 4. The first-order valence-electron chi connectivity index (χ1n) is 8.70. The molecule has 0 aliphatic carbocycles. The van der Waals surface area contributed by atoms with E-state index in [1.54, 1.807) is 18.2 Å². The molecule has 1 saturated heterocycles. The van der Waals surface area contributed by atoms with E-state index < -0.39 is 11.9 Å². The Hall–Kier alpha value is -1.66. The first-order valence-corrected chi connectivity index (χ1v) is 8.70. The highest BCUT2D eigenvalue weighted by atomic mass is 19.1. The molecule has 2 rings (SSSR count). The molecule has 5 nitrogen and oxygen atoms in total. The molecule has 1 heterocycles. The number of piperazine rings is 1. The van der Waals surface area contributed by atoms with Crippen LogP contribution in [0.4, 0.5) is 4.39 Å². The summed E-state index contributed by atoms with van der Waals surface area (Å²) in [5, 5.41) is 2.90. The Labute approximate surface area is 143 Å². The number of benzene rings is 1. The zero-order valence-corrected chi connectivity index (χ0v) is 14.6. The van der Waals surface area contributed by atoms with Crippen LogP contribution in [0.25, 0.3) is 0 Å². The van der Waals surface area contributed by atoms with Gasteiger partial charge in [-0.05, 0) is 38.6 Å². The number of para-hydroxylation sites is 1. The van der Waals surface area contributed by atoms with E-state index in [0.717, 1.165) is 39.1 Å². The Kier molecular flexibility index (Phi) is 7.46. The molecule has 1 aromatic rings. The van der Waals surface area contributed by atoms with Crippen molar-refractivity contribution in [2.24, 2.45) is 0 Å². The van der Waals surface area contributed by atoms with Gasteiger partial charge in [0, 0.05) is 32.7 Å². The van der Waals surface area contributed by atoms with Crippen LogP contribution < -0.4 is 10.1 Å². The summed E-state index contributed by atoms with van der Waals surface area (Å²) < 4.78 is 19.1. The fourth-order valence-corrected chi connectivity index (χ4v) is 2.72. The van der Waals surface area contributed by atoms with Gasteiger partial charge in [-0.1, -0.05) is 19.1 Å². The van der Waals surface area contributed by atoms with Gasteiger partial charge in [-0.3, -0.25) is 4.79 Å². The minimum absolute atomic E-state index is 0.122. The predicted octanol–water partition coefficient (Wildman–Crippen LogP) is 1.74. The second kappa shape index (κ2) is 9.59. The van der Waals surface area contributed by atoms with Gasteiger partial charge in [-0.25, -0.2) is 4.39 Å². The lowest BCUT2D eigenvalue weighted by Crippen LogP contribution is -2.45. The summed E-state index contributed by atoms with van der Waals surface area (Å²) in [4.78, 5) is 16.9. The van der Waals surface area contributed by atoms with Gasteiger partial charge in [0.25, 0.3) is 5.91 Å². The first kappa shape index (κ1) is 18.7. The van der Waals surface area contributed by atoms with E-state index >= 15 is 0 Å². The SMILES string of the molecule is CC[C@H](Oc1ccccc1F)C(=O)NCCCN1CCN(C)CC1. The van der Waals surface area contributed by atoms with Crippen LogP contribution in [-0.2, 0) is 4.79 Å². The second-order valence-corrected chi connectivity index (χ2v) is 6.23. The summed E-state index contributed by atoms with van der Waals surface area (Å²) in [6, 6.07) is 6.16. The van der Waals surface area contributed by atoms with Crippen molar-refractivity contribution in [3.63, 3.8) is 0 Å². The van der Waals surface area contributed by atoms with Crippen LogP contribution in [0, 0.1) is 5.82 Å². The summed E-state index contributed by atoms with van der Waals surface area (Å²) in [6.45, 7) is 7.81. The van der Waals surface area contributed by atoms with Gasteiger partial charge in [0.2, 0.25) is 0 Å². The molecular weight excluding hydrogens is 309 g/mol. The molecule has 0 saturated carbocycles. The first-order chi connectivity index (χ1) is 11.6. The van der Waals surface area contributed by atoms with E-state index in [0.29, 0.717) is 13.0 Å². The number of rotatable bonds is 8. The van der Waals surface area contributed by atoms with Crippen LogP contribution in [0.5, 0.6) is 5.75 Å². The largest absolute Gasteiger partial charge is 0.478 e. The minimum atomic E-state index is -0.662. The van der Waals surface area contributed by atoms with Crippen molar-refractivity contribution >= 4 is 5.91 Å². The number of nitrogens with zero attached hydrogens (tertiary/aromatic N) is 2. The second-order valence-electron chi connectivity index (χ2n) is 6.23. The smallest absolute Gasteiger partial charge is 0.261 e. The Bertz CT molecular complexity index is 519. The lowest BCUT2D eigenvalue weighted by molar-refractivity contribution is -0.128. The lowest BCUT2D eigenvalue weighted by atomic mass is 10.2. The molecule has 0 spiro atoms. The van der Waals surface area contributed by atoms with Crippen LogP contribution >= 0.6 is 0 Å². The lowest BCUT2D eigenvalue weighted by Gasteiger charge is -2.32. The Morgan fingerprint density at radius 3 is 2.67 bits per heavy atom. The molecule has 0 aromatic heterocycles. The van der Waals surface area contributed by atoms with Crippen LogP contribution in [-0.4, -0.2) is 68.1 Å². The fraction of sp³-hybridized carbons (Fsp3) is 0.611. The summed E-state index contributed by atoms with van der Waals surface area (Å²) in [7, 11) is 2.14. The van der Waals surface area contributed by atoms with Crippen molar-refractivity contribution in [1.29, 1.82) is 0 Å². The maximum atomic E-state index is 13.6. The summed E-state index contributed by atoms with van der Waals surface area (Å²) in [5.74, 6) is -0.505. The third-order valence-corrected chi connectivity index (χ3v) is 4.32.